The van der Waals surface area contributed by atoms with Gasteiger partial charge in [-0.15, -0.1) is 0 Å². The number of hydrogen-bond acceptors (Lipinski definition) is 7. The highest BCUT2D eigenvalue weighted by atomic mass is 32.2. The molecule has 1 aromatic carbocycles. The Bertz CT molecular complexity index is 1210. The van der Waals surface area contributed by atoms with E-state index in [2.05, 4.69) is 4.62 Å². The first-order valence-electron chi connectivity index (χ1n) is 10.3. The molecule has 0 heterocycles. The summed E-state index contributed by atoms with van der Waals surface area (Å²) < 4.78 is 70.9. The van der Waals surface area contributed by atoms with Crippen LogP contribution in [-0.2, 0) is 28.6 Å². The third-order valence-electron chi connectivity index (χ3n) is 5.70. The fraction of sp³-hybridized carbons (Fsp3) is 0.429. The Morgan fingerprint density at radius 2 is 1.91 bits per heavy atom. The number of amides is 1. The Morgan fingerprint density at radius 1 is 1.26 bits per heavy atom. The van der Waals surface area contributed by atoms with Gasteiger partial charge < -0.3 is 14.5 Å². The quantitative estimate of drug-likeness (QED) is 0.219. The number of unbranched alkanes of at least 4 members (excludes halogenated alkanes) is 1. The van der Waals surface area contributed by atoms with E-state index < -0.39 is 51.7 Å². The Labute approximate surface area is 201 Å². The van der Waals surface area contributed by atoms with Crippen LogP contribution in [0, 0.1) is 11.7 Å². The number of carbonyl (C=O) groups excluding carboxylic acids is 2. The van der Waals surface area contributed by atoms with Crippen LogP contribution in [0.2, 0.25) is 0 Å². The standard InChI is InChI=1S/C21H26F2NO9PS/c1-21(35(3,30)31,20(26)24-33-34(27,28)29)9-5-4-6-13-10-17(22)16(12-19(13)25)15-8-7-14(32-2)11-18(15)23/h7-8,10-13H,4-6,9H2,1-3H3,(H,24,26)(H2,27,28,29). The second-order valence-corrected chi connectivity index (χ2v) is 11.8. The maximum Gasteiger partial charge on any atom is 0.491 e. The lowest BCUT2D eigenvalue weighted by molar-refractivity contribution is -0.131. The molecule has 0 spiro atoms. The van der Waals surface area contributed by atoms with Crippen molar-refractivity contribution in [3.05, 3.63) is 47.6 Å². The van der Waals surface area contributed by atoms with Crippen LogP contribution >= 0.6 is 7.82 Å². The minimum Gasteiger partial charge on any atom is -0.497 e. The zero-order valence-corrected chi connectivity index (χ0v) is 20.9. The average Bonchev–Trinajstić information content (AvgIpc) is 2.75. The summed E-state index contributed by atoms with van der Waals surface area (Å²) in [6.07, 6.45) is 3.07. The van der Waals surface area contributed by atoms with Crippen molar-refractivity contribution < 1.29 is 50.5 Å². The molecular formula is C21H26F2NO9PS. The number of rotatable bonds is 11. The normalized spacial score (nSPS) is 18.4. The van der Waals surface area contributed by atoms with Gasteiger partial charge in [-0.3, -0.25) is 9.59 Å². The molecule has 0 aromatic heterocycles. The fourth-order valence-corrected chi connectivity index (χ4v) is 4.54. The molecule has 1 aromatic rings. The molecule has 2 unspecified atom stereocenters. The van der Waals surface area contributed by atoms with Gasteiger partial charge in [0.1, 0.15) is 22.1 Å². The SMILES string of the molecule is COc1ccc(C2=CC(=O)C(CCCCC(C)(C(=O)NOP(=O)(O)O)S(C)(=O)=O)C=C2F)c(F)c1. The third kappa shape index (κ3) is 7.28. The zero-order valence-electron chi connectivity index (χ0n) is 19.2. The molecule has 14 heteroatoms. The predicted molar refractivity (Wildman–Crippen MR) is 122 cm³/mol. The highest BCUT2D eigenvalue weighted by Crippen LogP contribution is 2.36. The van der Waals surface area contributed by atoms with E-state index in [4.69, 9.17) is 14.5 Å². The minimum absolute atomic E-state index is 0.0983. The summed E-state index contributed by atoms with van der Waals surface area (Å²) in [7, 11) is -7.77. The van der Waals surface area contributed by atoms with Gasteiger partial charge in [0.2, 0.25) is 0 Å². The van der Waals surface area contributed by atoms with E-state index in [1.54, 1.807) is 0 Å². The molecule has 10 nitrogen and oxygen atoms in total. The van der Waals surface area contributed by atoms with Crippen LogP contribution in [0.5, 0.6) is 5.75 Å². The summed E-state index contributed by atoms with van der Waals surface area (Å²) in [4.78, 5) is 42.2. The van der Waals surface area contributed by atoms with E-state index in [0.717, 1.165) is 31.4 Å². The molecule has 0 bridgehead atoms. The van der Waals surface area contributed by atoms with Crippen molar-refractivity contribution >= 4 is 34.9 Å². The number of halogens is 2. The number of sulfone groups is 1. The Hall–Kier alpha value is -2.44. The molecule has 2 rings (SSSR count). The van der Waals surface area contributed by atoms with Gasteiger partial charge in [0.15, 0.2) is 15.6 Å². The third-order valence-corrected chi connectivity index (χ3v) is 8.05. The summed E-state index contributed by atoms with van der Waals surface area (Å²) in [5.41, 5.74) is 1.17. The van der Waals surface area contributed by atoms with Gasteiger partial charge in [0.25, 0.3) is 5.91 Å². The molecule has 2 atom stereocenters. The van der Waals surface area contributed by atoms with Crippen molar-refractivity contribution in [1.82, 2.24) is 5.48 Å². The molecule has 35 heavy (non-hydrogen) atoms. The van der Waals surface area contributed by atoms with Crippen molar-refractivity contribution in [2.24, 2.45) is 5.92 Å². The van der Waals surface area contributed by atoms with Crippen molar-refractivity contribution in [3.63, 3.8) is 0 Å². The van der Waals surface area contributed by atoms with Crippen LogP contribution in [0.3, 0.4) is 0 Å². The number of ketones is 1. The summed E-state index contributed by atoms with van der Waals surface area (Å²) in [6, 6.07) is 3.80. The average molecular weight is 537 g/mol. The first-order chi connectivity index (χ1) is 16.1. The number of phosphoric acid groups is 1. The van der Waals surface area contributed by atoms with E-state index >= 15 is 0 Å². The van der Waals surface area contributed by atoms with Gasteiger partial charge in [-0.05, 0) is 44.1 Å². The van der Waals surface area contributed by atoms with Crippen LogP contribution in [0.4, 0.5) is 8.78 Å². The van der Waals surface area contributed by atoms with Crippen molar-refractivity contribution in [3.8, 4) is 5.75 Å². The molecule has 194 valence electrons. The van der Waals surface area contributed by atoms with Gasteiger partial charge in [-0.2, -0.15) is 4.62 Å². The number of ether oxygens (including phenoxy) is 1. The number of hydroxylamine groups is 1. The number of nitrogens with one attached hydrogen (secondary N) is 1. The Morgan fingerprint density at radius 3 is 2.46 bits per heavy atom. The lowest BCUT2D eigenvalue weighted by Gasteiger charge is -2.26. The van der Waals surface area contributed by atoms with E-state index in [-0.39, 0.29) is 42.6 Å². The van der Waals surface area contributed by atoms with E-state index in [9.17, 15) is 31.4 Å². The van der Waals surface area contributed by atoms with Gasteiger partial charge in [-0.25, -0.2) is 27.2 Å². The first-order valence-corrected chi connectivity index (χ1v) is 13.7. The summed E-state index contributed by atoms with van der Waals surface area (Å²) in [5.74, 6) is -3.90. The van der Waals surface area contributed by atoms with Crippen LogP contribution in [-0.4, -0.2) is 48.0 Å². The van der Waals surface area contributed by atoms with Crippen LogP contribution in [0.15, 0.2) is 36.2 Å². The summed E-state index contributed by atoms with van der Waals surface area (Å²) >= 11 is 0. The molecule has 0 radical (unpaired) electrons. The number of benzene rings is 1. The van der Waals surface area contributed by atoms with Gasteiger partial charge in [0, 0.05) is 29.4 Å². The maximum absolute atomic E-state index is 14.7. The van der Waals surface area contributed by atoms with Crippen LogP contribution in [0.25, 0.3) is 5.57 Å². The van der Waals surface area contributed by atoms with Crippen molar-refractivity contribution in [2.45, 2.75) is 37.4 Å². The predicted octanol–water partition coefficient (Wildman–Crippen LogP) is 2.77. The molecule has 3 N–H and O–H groups in total. The highest BCUT2D eigenvalue weighted by molar-refractivity contribution is 7.92. The highest BCUT2D eigenvalue weighted by Gasteiger charge is 2.44. The number of carbonyl (C=O) groups is 2. The molecule has 0 saturated heterocycles. The summed E-state index contributed by atoms with van der Waals surface area (Å²) in [6.45, 7) is 1.07. The van der Waals surface area contributed by atoms with Crippen LogP contribution in [0.1, 0.15) is 38.2 Å². The second kappa shape index (κ2) is 11.1. The lowest BCUT2D eigenvalue weighted by Crippen LogP contribution is -2.49. The monoisotopic (exact) mass is 537 g/mol. The zero-order chi connectivity index (χ0) is 26.6. The topological polar surface area (TPSA) is 156 Å². The Kier molecular flexibility index (Phi) is 9.12. The molecule has 0 aliphatic heterocycles. The van der Waals surface area contributed by atoms with Crippen LogP contribution < -0.4 is 10.2 Å². The van der Waals surface area contributed by atoms with E-state index in [1.165, 1.54) is 24.7 Å². The van der Waals surface area contributed by atoms with Gasteiger partial charge >= 0.3 is 7.82 Å². The van der Waals surface area contributed by atoms with Gasteiger partial charge in [-0.1, -0.05) is 12.8 Å². The molecule has 0 fully saturated rings. The first kappa shape index (κ1) is 28.8. The lowest BCUT2D eigenvalue weighted by atomic mass is 9.87. The Balaban J connectivity index is 2.04. The van der Waals surface area contributed by atoms with E-state index in [1.807, 2.05) is 0 Å². The molecule has 1 aliphatic carbocycles. The molecular weight excluding hydrogens is 511 g/mol. The maximum atomic E-state index is 14.7. The number of hydrogen-bond donors (Lipinski definition) is 3. The second-order valence-electron chi connectivity index (χ2n) is 8.19. The molecule has 1 aliphatic rings. The minimum atomic E-state index is -5.08. The molecule has 0 saturated carbocycles. The van der Waals surface area contributed by atoms with Crippen molar-refractivity contribution in [2.75, 3.05) is 13.4 Å². The number of methoxy groups -OCH3 is 1. The van der Waals surface area contributed by atoms with E-state index in [0.29, 0.717) is 0 Å². The molecule has 1 amide bonds. The van der Waals surface area contributed by atoms with Gasteiger partial charge in [0.05, 0.1) is 7.11 Å². The fourth-order valence-electron chi connectivity index (χ4n) is 3.44. The smallest absolute Gasteiger partial charge is 0.491 e. The summed E-state index contributed by atoms with van der Waals surface area (Å²) in [5, 5.41) is 0. The number of allylic oxidation sites excluding steroid dienone is 4. The van der Waals surface area contributed by atoms with Crippen molar-refractivity contribution in [1.29, 1.82) is 0 Å². The largest absolute Gasteiger partial charge is 0.497 e.